The van der Waals surface area contributed by atoms with Crippen molar-refractivity contribution in [2.75, 3.05) is 0 Å². The first-order valence-corrected chi connectivity index (χ1v) is 5.33. The number of aromatic nitrogens is 2. The highest BCUT2D eigenvalue weighted by Gasteiger charge is 2.10. The summed E-state index contributed by atoms with van der Waals surface area (Å²) < 4.78 is 26.1. The SMILES string of the molecule is NC(Cc1ncc[nH]1)Cc1ccc(F)cc1F. The molecule has 1 aromatic heterocycles. The highest BCUT2D eigenvalue weighted by atomic mass is 19.1. The van der Waals surface area contributed by atoms with Gasteiger partial charge >= 0.3 is 0 Å². The zero-order chi connectivity index (χ0) is 12.3. The second kappa shape index (κ2) is 5.05. The minimum absolute atomic E-state index is 0.249. The third-order valence-electron chi connectivity index (χ3n) is 2.51. The molecule has 0 spiro atoms. The number of rotatable bonds is 4. The number of nitrogens with zero attached hydrogens (tertiary/aromatic N) is 1. The van der Waals surface area contributed by atoms with Crippen LogP contribution in [0.3, 0.4) is 0 Å². The van der Waals surface area contributed by atoms with E-state index in [0.29, 0.717) is 18.4 Å². The van der Waals surface area contributed by atoms with Crippen LogP contribution in [0.4, 0.5) is 8.78 Å². The molecule has 0 saturated heterocycles. The minimum atomic E-state index is -0.578. The molecule has 0 saturated carbocycles. The molecule has 5 heteroatoms. The topological polar surface area (TPSA) is 54.7 Å². The number of nitrogens with one attached hydrogen (secondary N) is 1. The Labute approximate surface area is 97.7 Å². The Morgan fingerprint density at radius 1 is 1.29 bits per heavy atom. The molecule has 2 rings (SSSR count). The van der Waals surface area contributed by atoms with Crippen LogP contribution in [0.25, 0.3) is 0 Å². The van der Waals surface area contributed by atoms with Crippen molar-refractivity contribution in [1.29, 1.82) is 0 Å². The van der Waals surface area contributed by atoms with E-state index < -0.39 is 11.6 Å². The van der Waals surface area contributed by atoms with E-state index >= 15 is 0 Å². The summed E-state index contributed by atoms with van der Waals surface area (Å²) in [5.74, 6) is -0.370. The van der Waals surface area contributed by atoms with Crippen LogP contribution in [0.5, 0.6) is 0 Å². The molecule has 0 amide bonds. The van der Waals surface area contributed by atoms with Gasteiger partial charge in [0.15, 0.2) is 0 Å². The second-order valence-electron chi connectivity index (χ2n) is 3.94. The van der Waals surface area contributed by atoms with Crippen LogP contribution in [0.15, 0.2) is 30.6 Å². The van der Waals surface area contributed by atoms with E-state index in [9.17, 15) is 8.78 Å². The lowest BCUT2D eigenvalue weighted by molar-refractivity contribution is 0.556. The Kier molecular flexibility index (Phi) is 3.49. The fraction of sp³-hybridized carbons (Fsp3) is 0.250. The van der Waals surface area contributed by atoms with Gasteiger partial charge in [-0.2, -0.15) is 0 Å². The van der Waals surface area contributed by atoms with E-state index in [0.717, 1.165) is 11.9 Å². The molecule has 3 N–H and O–H groups in total. The molecular weight excluding hydrogens is 224 g/mol. The van der Waals surface area contributed by atoms with Crippen molar-refractivity contribution in [2.24, 2.45) is 5.73 Å². The number of imidazole rings is 1. The number of halogens is 2. The quantitative estimate of drug-likeness (QED) is 0.852. The molecular formula is C12H13F2N3. The maximum Gasteiger partial charge on any atom is 0.129 e. The van der Waals surface area contributed by atoms with Gasteiger partial charge in [0.2, 0.25) is 0 Å². The molecule has 0 radical (unpaired) electrons. The largest absolute Gasteiger partial charge is 0.349 e. The number of nitrogens with two attached hydrogens (primary N) is 1. The lowest BCUT2D eigenvalue weighted by atomic mass is 10.0. The maximum absolute atomic E-state index is 13.4. The highest BCUT2D eigenvalue weighted by molar-refractivity contribution is 5.19. The lowest BCUT2D eigenvalue weighted by Crippen LogP contribution is -2.26. The lowest BCUT2D eigenvalue weighted by Gasteiger charge is -2.10. The Morgan fingerprint density at radius 2 is 2.12 bits per heavy atom. The first kappa shape index (κ1) is 11.7. The molecule has 0 bridgehead atoms. The predicted molar refractivity (Wildman–Crippen MR) is 60.3 cm³/mol. The van der Waals surface area contributed by atoms with E-state index in [-0.39, 0.29) is 6.04 Å². The molecule has 3 nitrogen and oxygen atoms in total. The van der Waals surface area contributed by atoms with Gasteiger partial charge in [-0.05, 0) is 18.1 Å². The predicted octanol–water partition coefficient (Wildman–Crippen LogP) is 1.80. The average Bonchev–Trinajstić information content (AvgIpc) is 2.75. The number of aromatic amines is 1. The van der Waals surface area contributed by atoms with Gasteiger partial charge in [0, 0.05) is 30.9 Å². The van der Waals surface area contributed by atoms with Crippen molar-refractivity contribution in [3.05, 3.63) is 53.6 Å². The van der Waals surface area contributed by atoms with Gasteiger partial charge in [0.1, 0.15) is 17.5 Å². The smallest absolute Gasteiger partial charge is 0.129 e. The fourth-order valence-electron chi connectivity index (χ4n) is 1.70. The summed E-state index contributed by atoms with van der Waals surface area (Å²) in [6.07, 6.45) is 4.23. The highest BCUT2D eigenvalue weighted by Crippen LogP contribution is 2.12. The van der Waals surface area contributed by atoms with Gasteiger partial charge in [-0.25, -0.2) is 13.8 Å². The third-order valence-corrected chi connectivity index (χ3v) is 2.51. The summed E-state index contributed by atoms with van der Waals surface area (Å²) >= 11 is 0. The Balaban J connectivity index is 2.00. The molecule has 1 heterocycles. The molecule has 2 aromatic rings. The Hall–Kier alpha value is -1.75. The normalized spacial score (nSPS) is 12.6. The maximum atomic E-state index is 13.4. The van der Waals surface area contributed by atoms with Crippen molar-refractivity contribution in [3.8, 4) is 0 Å². The zero-order valence-corrected chi connectivity index (χ0v) is 9.16. The number of H-pyrrole nitrogens is 1. The van der Waals surface area contributed by atoms with Gasteiger partial charge in [-0.1, -0.05) is 6.07 Å². The van der Waals surface area contributed by atoms with Crippen LogP contribution in [-0.4, -0.2) is 16.0 Å². The molecule has 0 aliphatic carbocycles. The summed E-state index contributed by atoms with van der Waals surface area (Å²) in [6, 6.07) is 3.28. The Bertz CT molecular complexity index is 483. The van der Waals surface area contributed by atoms with Crippen molar-refractivity contribution in [1.82, 2.24) is 9.97 Å². The van der Waals surface area contributed by atoms with Gasteiger partial charge in [0.25, 0.3) is 0 Å². The van der Waals surface area contributed by atoms with E-state index in [2.05, 4.69) is 9.97 Å². The van der Waals surface area contributed by atoms with Crippen LogP contribution >= 0.6 is 0 Å². The van der Waals surface area contributed by atoms with Crippen molar-refractivity contribution >= 4 is 0 Å². The summed E-state index contributed by atoms with van der Waals surface area (Å²) in [7, 11) is 0. The summed E-state index contributed by atoms with van der Waals surface area (Å²) in [4.78, 5) is 6.98. The Morgan fingerprint density at radius 3 is 2.76 bits per heavy atom. The van der Waals surface area contributed by atoms with Crippen LogP contribution in [0.2, 0.25) is 0 Å². The first-order chi connectivity index (χ1) is 8.15. The van der Waals surface area contributed by atoms with Crippen LogP contribution in [0.1, 0.15) is 11.4 Å². The minimum Gasteiger partial charge on any atom is -0.349 e. The van der Waals surface area contributed by atoms with E-state index in [1.807, 2.05) is 0 Å². The monoisotopic (exact) mass is 237 g/mol. The average molecular weight is 237 g/mol. The third kappa shape index (κ3) is 3.10. The van der Waals surface area contributed by atoms with Gasteiger partial charge < -0.3 is 10.7 Å². The molecule has 1 unspecified atom stereocenters. The van der Waals surface area contributed by atoms with E-state index in [1.165, 1.54) is 12.1 Å². The molecule has 17 heavy (non-hydrogen) atoms. The van der Waals surface area contributed by atoms with Crippen LogP contribution in [0, 0.1) is 11.6 Å². The zero-order valence-electron chi connectivity index (χ0n) is 9.16. The summed E-state index contributed by atoms with van der Waals surface area (Å²) in [5, 5.41) is 0. The number of hydrogen-bond acceptors (Lipinski definition) is 2. The van der Waals surface area contributed by atoms with Gasteiger partial charge in [-0.3, -0.25) is 0 Å². The first-order valence-electron chi connectivity index (χ1n) is 5.33. The second-order valence-corrected chi connectivity index (χ2v) is 3.94. The van der Waals surface area contributed by atoms with Crippen molar-refractivity contribution in [2.45, 2.75) is 18.9 Å². The van der Waals surface area contributed by atoms with Crippen LogP contribution < -0.4 is 5.73 Å². The molecule has 0 aliphatic rings. The molecule has 1 aromatic carbocycles. The van der Waals surface area contributed by atoms with Crippen LogP contribution in [-0.2, 0) is 12.8 Å². The van der Waals surface area contributed by atoms with Gasteiger partial charge in [-0.15, -0.1) is 0 Å². The number of benzene rings is 1. The molecule has 1 atom stereocenters. The van der Waals surface area contributed by atoms with E-state index in [4.69, 9.17) is 5.73 Å². The molecule has 0 fully saturated rings. The standard InChI is InChI=1S/C12H13F2N3/c13-9-2-1-8(11(14)6-9)5-10(15)7-12-16-3-4-17-12/h1-4,6,10H,5,7,15H2,(H,16,17). The number of hydrogen-bond donors (Lipinski definition) is 2. The van der Waals surface area contributed by atoms with Gasteiger partial charge in [0.05, 0.1) is 0 Å². The van der Waals surface area contributed by atoms with E-state index in [1.54, 1.807) is 12.4 Å². The summed E-state index contributed by atoms with van der Waals surface area (Å²) in [5.41, 5.74) is 6.31. The summed E-state index contributed by atoms with van der Waals surface area (Å²) in [6.45, 7) is 0. The van der Waals surface area contributed by atoms with Crippen molar-refractivity contribution in [3.63, 3.8) is 0 Å². The van der Waals surface area contributed by atoms with Crippen molar-refractivity contribution < 1.29 is 8.78 Å². The fourth-order valence-corrected chi connectivity index (χ4v) is 1.70. The molecule has 0 aliphatic heterocycles. The molecule has 90 valence electrons.